The van der Waals surface area contributed by atoms with Crippen molar-refractivity contribution in [3.05, 3.63) is 42.1 Å². The zero-order valence-electron chi connectivity index (χ0n) is 17.6. The maximum atomic E-state index is 12.7. The molecule has 2 N–H and O–H groups in total. The summed E-state index contributed by atoms with van der Waals surface area (Å²) in [5.41, 5.74) is 1.19. The van der Waals surface area contributed by atoms with Gasteiger partial charge < -0.3 is 15.5 Å². The zero-order valence-corrected chi connectivity index (χ0v) is 17.6. The van der Waals surface area contributed by atoms with E-state index in [0.717, 1.165) is 45.1 Å². The van der Waals surface area contributed by atoms with Crippen molar-refractivity contribution in [1.82, 2.24) is 20.3 Å². The molecular weight excluding hydrogens is 419 g/mol. The highest BCUT2D eigenvalue weighted by Crippen LogP contribution is 2.28. The standard InChI is InChI=1S/C22H26F3N7/c23-22(24,25)21-28-12-17(13-29-21)32-9-3-4-16(14-32)30-18-5-1-2-6-19(18)31-20-10-15(11-26)7-8-27-20/h7-8,10,12-13,16,18-19,30H,1-6,9,14H2,(H,27,31)/t16-,18+,19+/m0/s1. The van der Waals surface area contributed by atoms with Crippen molar-refractivity contribution in [2.45, 2.75) is 62.8 Å². The number of nitriles is 1. The SMILES string of the molecule is N#Cc1ccnc(N[C@@H]2CCCC[C@H]2N[C@H]2CCCN(c3cnc(C(F)(F)F)nc3)C2)c1. The fraction of sp³-hybridized carbons (Fsp3) is 0.545. The minimum atomic E-state index is -4.53. The van der Waals surface area contributed by atoms with E-state index in [0.29, 0.717) is 23.6 Å². The molecular formula is C22H26F3N7. The molecule has 2 aromatic rings. The molecule has 1 saturated carbocycles. The Morgan fingerprint density at radius 2 is 1.78 bits per heavy atom. The maximum absolute atomic E-state index is 12.7. The van der Waals surface area contributed by atoms with Crippen LogP contribution in [-0.4, -0.2) is 46.2 Å². The zero-order chi connectivity index (χ0) is 22.6. The van der Waals surface area contributed by atoms with Gasteiger partial charge in [0.1, 0.15) is 5.82 Å². The van der Waals surface area contributed by atoms with E-state index in [1.54, 1.807) is 18.3 Å². The molecule has 1 aliphatic carbocycles. The van der Waals surface area contributed by atoms with Gasteiger partial charge in [0.2, 0.25) is 5.82 Å². The number of piperidine rings is 1. The van der Waals surface area contributed by atoms with Gasteiger partial charge in [0.15, 0.2) is 0 Å². The molecule has 32 heavy (non-hydrogen) atoms. The van der Waals surface area contributed by atoms with E-state index in [9.17, 15) is 13.2 Å². The first-order valence-corrected chi connectivity index (χ1v) is 11.0. The van der Waals surface area contributed by atoms with Gasteiger partial charge in [0.25, 0.3) is 0 Å². The van der Waals surface area contributed by atoms with Crippen LogP contribution in [0.4, 0.5) is 24.7 Å². The van der Waals surface area contributed by atoms with Crippen molar-refractivity contribution < 1.29 is 13.2 Å². The van der Waals surface area contributed by atoms with Crippen LogP contribution < -0.4 is 15.5 Å². The van der Waals surface area contributed by atoms with Gasteiger partial charge in [0.05, 0.1) is 29.7 Å². The summed E-state index contributed by atoms with van der Waals surface area (Å²) in [6, 6.07) is 6.26. The second-order valence-corrected chi connectivity index (χ2v) is 8.40. The molecule has 2 fully saturated rings. The number of aromatic nitrogens is 3. The van der Waals surface area contributed by atoms with Crippen LogP contribution >= 0.6 is 0 Å². The number of hydrogen-bond acceptors (Lipinski definition) is 7. The molecule has 170 valence electrons. The topological polar surface area (TPSA) is 89.8 Å². The fourth-order valence-electron chi connectivity index (χ4n) is 4.55. The number of pyridine rings is 1. The summed E-state index contributed by atoms with van der Waals surface area (Å²) in [7, 11) is 0. The van der Waals surface area contributed by atoms with Crippen molar-refractivity contribution in [2.75, 3.05) is 23.3 Å². The lowest BCUT2D eigenvalue weighted by atomic mass is 9.89. The molecule has 10 heteroatoms. The summed E-state index contributed by atoms with van der Waals surface area (Å²) in [5, 5.41) is 16.4. The van der Waals surface area contributed by atoms with E-state index in [1.165, 1.54) is 12.4 Å². The van der Waals surface area contributed by atoms with Crippen LogP contribution in [0.2, 0.25) is 0 Å². The summed E-state index contributed by atoms with van der Waals surface area (Å²) < 4.78 is 38.2. The van der Waals surface area contributed by atoms with Crippen LogP contribution in [0, 0.1) is 11.3 Å². The van der Waals surface area contributed by atoms with Crippen molar-refractivity contribution in [2.24, 2.45) is 0 Å². The second-order valence-electron chi connectivity index (χ2n) is 8.40. The van der Waals surface area contributed by atoms with Crippen LogP contribution in [0.5, 0.6) is 0 Å². The largest absolute Gasteiger partial charge is 0.451 e. The molecule has 1 aliphatic heterocycles. The highest BCUT2D eigenvalue weighted by molar-refractivity contribution is 5.44. The summed E-state index contributed by atoms with van der Waals surface area (Å²) in [4.78, 5) is 13.4. The molecule has 0 amide bonds. The summed E-state index contributed by atoms with van der Waals surface area (Å²) in [5.74, 6) is -0.409. The van der Waals surface area contributed by atoms with Gasteiger partial charge in [-0.1, -0.05) is 12.8 Å². The number of rotatable bonds is 5. The maximum Gasteiger partial charge on any atom is 0.451 e. The van der Waals surface area contributed by atoms with Gasteiger partial charge in [-0.15, -0.1) is 0 Å². The van der Waals surface area contributed by atoms with Gasteiger partial charge in [-0.2, -0.15) is 18.4 Å². The van der Waals surface area contributed by atoms with Crippen LogP contribution in [0.1, 0.15) is 49.9 Å². The van der Waals surface area contributed by atoms with Crippen molar-refractivity contribution in [3.63, 3.8) is 0 Å². The third kappa shape index (κ3) is 5.46. The lowest BCUT2D eigenvalue weighted by Crippen LogP contribution is -2.55. The molecule has 0 bridgehead atoms. The molecule has 2 aliphatic rings. The van der Waals surface area contributed by atoms with E-state index in [-0.39, 0.29) is 18.1 Å². The molecule has 0 spiro atoms. The fourth-order valence-corrected chi connectivity index (χ4v) is 4.55. The number of nitrogens with one attached hydrogen (secondary N) is 2. The smallest absolute Gasteiger partial charge is 0.367 e. The highest BCUT2D eigenvalue weighted by Gasteiger charge is 2.35. The lowest BCUT2D eigenvalue weighted by Gasteiger charge is -2.40. The normalized spacial score (nSPS) is 24.1. The van der Waals surface area contributed by atoms with Gasteiger partial charge in [0, 0.05) is 37.4 Å². The van der Waals surface area contributed by atoms with E-state index in [1.807, 2.05) is 4.90 Å². The third-order valence-corrected chi connectivity index (χ3v) is 6.12. The van der Waals surface area contributed by atoms with Gasteiger partial charge in [-0.05, 0) is 37.8 Å². The van der Waals surface area contributed by atoms with Crippen LogP contribution in [0.25, 0.3) is 0 Å². The number of halogens is 3. The number of nitrogens with zero attached hydrogens (tertiary/aromatic N) is 5. The minimum Gasteiger partial charge on any atom is -0.367 e. The predicted molar refractivity (Wildman–Crippen MR) is 114 cm³/mol. The number of anilines is 2. The summed E-state index contributed by atoms with van der Waals surface area (Å²) in [6.45, 7) is 1.46. The molecule has 2 aromatic heterocycles. The Kier molecular flexibility index (Phi) is 6.74. The first-order valence-electron chi connectivity index (χ1n) is 11.0. The Morgan fingerprint density at radius 1 is 1.03 bits per heavy atom. The second kappa shape index (κ2) is 9.69. The average molecular weight is 445 g/mol. The van der Waals surface area contributed by atoms with E-state index >= 15 is 0 Å². The number of hydrogen-bond donors (Lipinski definition) is 2. The Morgan fingerprint density at radius 3 is 2.50 bits per heavy atom. The summed E-state index contributed by atoms with van der Waals surface area (Å²) in [6.07, 6.45) is 5.89. The van der Waals surface area contributed by atoms with E-state index in [2.05, 4.69) is 31.7 Å². The van der Waals surface area contributed by atoms with Gasteiger partial charge in [-0.25, -0.2) is 15.0 Å². The van der Waals surface area contributed by atoms with Gasteiger partial charge >= 0.3 is 6.18 Å². The average Bonchev–Trinajstić information content (AvgIpc) is 2.80. The van der Waals surface area contributed by atoms with E-state index < -0.39 is 12.0 Å². The highest BCUT2D eigenvalue weighted by atomic mass is 19.4. The first-order chi connectivity index (χ1) is 15.4. The van der Waals surface area contributed by atoms with Gasteiger partial charge in [-0.3, -0.25) is 0 Å². The minimum absolute atomic E-state index is 0.204. The Labute approximate surface area is 185 Å². The van der Waals surface area contributed by atoms with E-state index in [4.69, 9.17) is 5.26 Å². The van der Waals surface area contributed by atoms with Crippen LogP contribution in [-0.2, 0) is 6.18 Å². The predicted octanol–water partition coefficient (Wildman–Crippen LogP) is 3.74. The molecule has 7 nitrogen and oxygen atoms in total. The van der Waals surface area contributed by atoms with Crippen molar-refractivity contribution >= 4 is 11.5 Å². The van der Waals surface area contributed by atoms with Crippen molar-refractivity contribution in [3.8, 4) is 6.07 Å². The molecule has 3 heterocycles. The van der Waals surface area contributed by atoms with Crippen molar-refractivity contribution in [1.29, 1.82) is 5.26 Å². The van der Waals surface area contributed by atoms with Crippen LogP contribution in [0.3, 0.4) is 0 Å². The van der Waals surface area contributed by atoms with Crippen LogP contribution in [0.15, 0.2) is 30.7 Å². The Bertz CT molecular complexity index is 942. The molecule has 0 unspecified atom stereocenters. The molecule has 3 atom stereocenters. The molecule has 0 radical (unpaired) electrons. The first kappa shape index (κ1) is 22.3. The lowest BCUT2D eigenvalue weighted by molar-refractivity contribution is -0.144. The molecule has 1 saturated heterocycles. The quantitative estimate of drug-likeness (QED) is 0.725. The monoisotopic (exact) mass is 445 g/mol. The Hall–Kier alpha value is -2.93. The molecule has 4 rings (SSSR count). The molecule has 0 aromatic carbocycles. The Balaban J connectivity index is 1.39. The third-order valence-electron chi connectivity index (χ3n) is 6.12. The number of alkyl halides is 3. The summed E-state index contributed by atoms with van der Waals surface area (Å²) >= 11 is 0.